The van der Waals surface area contributed by atoms with Gasteiger partial charge in [-0.3, -0.25) is 4.79 Å². The van der Waals surface area contributed by atoms with E-state index in [2.05, 4.69) is 5.32 Å². The fourth-order valence-corrected chi connectivity index (χ4v) is 1.81. The Morgan fingerprint density at radius 2 is 1.72 bits per heavy atom. The molecule has 0 radical (unpaired) electrons. The molecule has 2 aromatic carbocycles. The zero-order valence-corrected chi connectivity index (χ0v) is 10.8. The zero-order valence-electron chi connectivity index (χ0n) is 9.28. The quantitative estimate of drug-likeness (QED) is 0.822. The van der Waals surface area contributed by atoms with E-state index in [1.165, 1.54) is 6.07 Å². The first-order valence-corrected chi connectivity index (χ1v) is 5.94. The maximum atomic E-state index is 12.0. The normalized spacial score (nSPS) is 10.1. The smallest absolute Gasteiger partial charge is 0.257 e. The van der Waals surface area contributed by atoms with Gasteiger partial charge in [-0.1, -0.05) is 23.2 Å². The van der Waals surface area contributed by atoms with E-state index in [9.17, 15) is 4.79 Å². The molecule has 0 unspecified atom stereocenters. The molecule has 92 valence electrons. The first kappa shape index (κ1) is 12.7. The van der Waals surface area contributed by atoms with Crippen LogP contribution in [0.15, 0.2) is 42.5 Å². The molecule has 0 aliphatic rings. The van der Waals surface area contributed by atoms with Gasteiger partial charge in [0.15, 0.2) is 0 Å². The Labute approximate surface area is 115 Å². The van der Waals surface area contributed by atoms with Crippen LogP contribution < -0.4 is 11.1 Å². The molecule has 0 atom stereocenters. The number of hydrogen-bond acceptors (Lipinski definition) is 2. The molecule has 0 saturated carbocycles. The topological polar surface area (TPSA) is 55.1 Å². The molecule has 3 N–H and O–H groups in total. The molecule has 0 aliphatic heterocycles. The lowest BCUT2D eigenvalue weighted by molar-refractivity contribution is 0.102. The molecule has 18 heavy (non-hydrogen) atoms. The third kappa shape index (κ3) is 2.94. The Bertz CT molecular complexity index is 582. The van der Waals surface area contributed by atoms with E-state index in [1.54, 1.807) is 36.4 Å². The van der Waals surface area contributed by atoms with E-state index in [0.29, 0.717) is 27.0 Å². The standard InChI is InChI=1S/C13H10Cl2N2O/c14-8-1-6-12(15)11(7-8)13(18)17-10-4-2-9(16)3-5-10/h1-7H,16H2,(H,17,18). The Kier molecular flexibility index (Phi) is 3.75. The fraction of sp³-hybridized carbons (Fsp3) is 0. The SMILES string of the molecule is Nc1ccc(NC(=O)c2cc(Cl)ccc2Cl)cc1. The van der Waals surface area contributed by atoms with Crippen LogP contribution in [0.5, 0.6) is 0 Å². The Morgan fingerprint density at radius 3 is 2.39 bits per heavy atom. The maximum absolute atomic E-state index is 12.0. The molecule has 2 aromatic rings. The summed E-state index contributed by atoms with van der Waals surface area (Å²) in [6.07, 6.45) is 0. The number of nitrogens with two attached hydrogens (primary N) is 1. The number of amides is 1. The van der Waals surface area contributed by atoms with Crippen LogP contribution >= 0.6 is 23.2 Å². The molecular weight excluding hydrogens is 271 g/mol. The molecule has 2 rings (SSSR count). The van der Waals surface area contributed by atoms with Gasteiger partial charge in [-0.2, -0.15) is 0 Å². The highest BCUT2D eigenvalue weighted by Gasteiger charge is 2.11. The summed E-state index contributed by atoms with van der Waals surface area (Å²) in [4.78, 5) is 12.0. The first-order valence-electron chi connectivity index (χ1n) is 5.18. The van der Waals surface area contributed by atoms with Crippen molar-refractivity contribution in [2.45, 2.75) is 0 Å². The van der Waals surface area contributed by atoms with E-state index in [0.717, 1.165) is 0 Å². The second-order valence-electron chi connectivity index (χ2n) is 3.70. The molecule has 0 aliphatic carbocycles. The van der Waals surface area contributed by atoms with E-state index in [-0.39, 0.29) is 5.91 Å². The van der Waals surface area contributed by atoms with Gasteiger partial charge >= 0.3 is 0 Å². The van der Waals surface area contributed by atoms with Crippen molar-refractivity contribution >= 4 is 40.5 Å². The van der Waals surface area contributed by atoms with Crippen molar-refractivity contribution in [2.24, 2.45) is 0 Å². The number of halogens is 2. The van der Waals surface area contributed by atoms with Gasteiger partial charge in [-0.05, 0) is 42.5 Å². The summed E-state index contributed by atoms with van der Waals surface area (Å²) in [6.45, 7) is 0. The molecule has 0 spiro atoms. The number of rotatable bonds is 2. The summed E-state index contributed by atoms with van der Waals surface area (Å²) >= 11 is 11.8. The highest BCUT2D eigenvalue weighted by molar-refractivity contribution is 6.36. The first-order chi connectivity index (χ1) is 8.56. The fourth-order valence-electron chi connectivity index (χ4n) is 1.44. The van der Waals surface area contributed by atoms with Gasteiger partial charge in [0.25, 0.3) is 5.91 Å². The zero-order chi connectivity index (χ0) is 13.1. The van der Waals surface area contributed by atoms with Crippen LogP contribution in [0.1, 0.15) is 10.4 Å². The summed E-state index contributed by atoms with van der Waals surface area (Å²) < 4.78 is 0. The van der Waals surface area contributed by atoms with E-state index >= 15 is 0 Å². The van der Waals surface area contributed by atoms with E-state index in [1.807, 2.05) is 0 Å². The van der Waals surface area contributed by atoms with Crippen molar-refractivity contribution in [3.8, 4) is 0 Å². The lowest BCUT2D eigenvalue weighted by Gasteiger charge is -2.07. The van der Waals surface area contributed by atoms with Crippen molar-refractivity contribution in [2.75, 3.05) is 11.1 Å². The Morgan fingerprint density at radius 1 is 1.06 bits per heavy atom. The van der Waals surface area contributed by atoms with Crippen LogP contribution in [0.3, 0.4) is 0 Å². The van der Waals surface area contributed by atoms with E-state index in [4.69, 9.17) is 28.9 Å². The van der Waals surface area contributed by atoms with Crippen LogP contribution in [0.2, 0.25) is 10.0 Å². The number of carbonyl (C=O) groups is 1. The molecule has 0 saturated heterocycles. The summed E-state index contributed by atoms with van der Waals surface area (Å²) in [5.74, 6) is -0.313. The Balaban J connectivity index is 2.21. The van der Waals surface area contributed by atoms with Gasteiger partial charge in [0.05, 0.1) is 10.6 Å². The van der Waals surface area contributed by atoms with Crippen LogP contribution in [0.4, 0.5) is 11.4 Å². The number of nitrogen functional groups attached to an aromatic ring is 1. The number of benzene rings is 2. The van der Waals surface area contributed by atoms with Crippen molar-refractivity contribution < 1.29 is 4.79 Å². The van der Waals surface area contributed by atoms with Crippen LogP contribution in [0.25, 0.3) is 0 Å². The van der Waals surface area contributed by atoms with Crippen LogP contribution in [-0.2, 0) is 0 Å². The van der Waals surface area contributed by atoms with Gasteiger partial charge in [-0.25, -0.2) is 0 Å². The van der Waals surface area contributed by atoms with Crippen molar-refractivity contribution in [3.05, 3.63) is 58.1 Å². The summed E-state index contributed by atoms with van der Waals surface area (Å²) in [5.41, 5.74) is 7.17. The average molecular weight is 281 g/mol. The molecule has 0 fully saturated rings. The van der Waals surface area contributed by atoms with Crippen molar-refractivity contribution in [1.29, 1.82) is 0 Å². The van der Waals surface area contributed by atoms with Crippen molar-refractivity contribution in [1.82, 2.24) is 0 Å². The van der Waals surface area contributed by atoms with Gasteiger partial charge in [0, 0.05) is 16.4 Å². The predicted octanol–water partition coefficient (Wildman–Crippen LogP) is 3.83. The molecule has 1 amide bonds. The van der Waals surface area contributed by atoms with Gasteiger partial charge in [0.1, 0.15) is 0 Å². The number of carbonyl (C=O) groups excluding carboxylic acids is 1. The third-order valence-corrected chi connectivity index (χ3v) is 2.91. The van der Waals surface area contributed by atoms with Gasteiger partial charge < -0.3 is 11.1 Å². The molecule has 0 heterocycles. The van der Waals surface area contributed by atoms with Crippen molar-refractivity contribution in [3.63, 3.8) is 0 Å². The number of nitrogens with one attached hydrogen (secondary N) is 1. The summed E-state index contributed by atoms with van der Waals surface area (Å²) in [6, 6.07) is 11.6. The highest BCUT2D eigenvalue weighted by Crippen LogP contribution is 2.22. The Hall–Kier alpha value is -1.71. The molecule has 3 nitrogen and oxygen atoms in total. The number of anilines is 2. The largest absolute Gasteiger partial charge is 0.399 e. The molecule has 0 aromatic heterocycles. The van der Waals surface area contributed by atoms with Gasteiger partial charge in [0.2, 0.25) is 0 Å². The van der Waals surface area contributed by atoms with E-state index < -0.39 is 0 Å². The molecular formula is C13H10Cl2N2O. The minimum atomic E-state index is -0.313. The monoisotopic (exact) mass is 280 g/mol. The predicted molar refractivity (Wildman–Crippen MR) is 75.3 cm³/mol. The molecule has 5 heteroatoms. The lowest BCUT2D eigenvalue weighted by Crippen LogP contribution is -2.12. The lowest BCUT2D eigenvalue weighted by atomic mass is 10.2. The van der Waals surface area contributed by atoms with Gasteiger partial charge in [-0.15, -0.1) is 0 Å². The summed E-state index contributed by atoms with van der Waals surface area (Å²) in [5, 5.41) is 3.53. The minimum Gasteiger partial charge on any atom is -0.399 e. The second-order valence-corrected chi connectivity index (χ2v) is 4.54. The molecule has 0 bridgehead atoms. The third-order valence-electron chi connectivity index (χ3n) is 2.34. The average Bonchev–Trinajstić information content (AvgIpc) is 2.35. The summed E-state index contributed by atoms with van der Waals surface area (Å²) in [7, 11) is 0. The highest BCUT2D eigenvalue weighted by atomic mass is 35.5. The second kappa shape index (κ2) is 5.29. The number of hydrogen-bond donors (Lipinski definition) is 2. The van der Waals surface area contributed by atoms with Crippen LogP contribution in [-0.4, -0.2) is 5.91 Å². The minimum absolute atomic E-state index is 0.313. The van der Waals surface area contributed by atoms with Crippen LogP contribution in [0, 0.1) is 0 Å². The maximum Gasteiger partial charge on any atom is 0.257 e.